The molecule has 0 spiro atoms. The minimum Gasteiger partial charge on any atom is -0.317 e. The van der Waals surface area contributed by atoms with Gasteiger partial charge in [0.15, 0.2) is 0 Å². The number of halogens is 1. The van der Waals surface area contributed by atoms with E-state index in [-0.39, 0.29) is 11.4 Å². The lowest BCUT2D eigenvalue weighted by atomic mass is 10.3. The number of hydrogen-bond acceptors (Lipinski definition) is 4. The van der Waals surface area contributed by atoms with Crippen LogP contribution < -0.4 is 0 Å². The van der Waals surface area contributed by atoms with Gasteiger partial charge in [-0.3, -0.25) is 4.98 Å². The van der Waals surface area contributed by atoms with Crippen LogP contribution in [0.2, 0.25) is 0 Å². The Labute approximate surface area is 120 Å². The van der Waals surface area contributed by atoms with E-state index < -0.39 is 0 Å². The average molecular weight is 293 g/mol. The summed E-state index contributed by atoms with van der Waals surface area (Å²) in [6.45, 7) is 4.05. The zero-order chi connectivity index (χ0) is 13.4. The van der Waals surface area contributed by atoms with Crippen LogP contribution in [0.15, 0.2) is 30.0 Å². The van der Waals surface area contributed by atoms with Crippen LogP contribution in [0.25, 0.3) is 11.0 Å². The Morgan fingerprint density at radius 3 is 2.84 bits per heavy atom. The van der Waals surface area contributed by atoms with Crippen molar-refractivity contribution in [3.05, 3.63) is 40.9 Å². The standard InChI is InChI=1S/C13H13ClN4S/c1-8(14)12-17-10-7-15-4-3-11(10)18(12)9(2)13-16-5-6-19-13/h3-9H,1-2H3. The van der Waals surface area contributed by atoms with Crippen molar-refractivity contribution in [3.63, 3.8) is 0 Å². The predicted molar refractivity (Wildman–Crippen MR) is 77.7 cm³/mol. The van der Waals surface area contributed by atoms with E-state index in [1.807, 2.05) is 24.6 Å². The lowest BCUT2D eigenvalue weighted by molar-refractivity contribution is 0.615. The van der Waals surface area contributed by atoms with Crippen LogP contribution in [0, 0.1) is 0 Å². The van der Waals surface area contributed by atoms with Gasteiger partial charge in [0.1, 0.15) is 16.3 Å². The molecule has 0 N–H and O–H groups in total. The van der Waals surface area contributed by atoms with Gasteiger partial charge in [-0.1, -0.05) is 0 Å². The molecule has 0 saturated heterocycles. The summed E-state index contributed by atoms with van der Waals surface area (Å²) in [4.78, 5) is 13.1. The fraction of sp³-hybridized carbons (Fsp3) is 0.308. The third kappa shape index (κ3) is 2.13. The third-order valence-electron chi connectivity index (χ3n) is 3.07. The Morgan fingerprint density at radius 1 is 1.32 bits per heavy atom. The number of hydrogen-bond donors (Lipinski definition) is 0. The lowest BCUT2D eigenvalue weighted by Gasteiger charge is -2.16. The first kappa shape index (κ1) is 12.6. The van der Waals surface area contributed by atoms with Crippen molar-refractivity contribution in [1.29, 1.82) is 0 Å². The van der Waals surface area contributed by atoms with E-state index in [9.17, 15) is 0 Å². The molecule has 98 valence electrons. The number of pyridine rings is 1. The van der Waals surface area contributed by atoms with Gasteiger partial charge in [-0.05, 0) is 19.9 Å². The molecule has 19 heavy (non-hydrogen) atoms. The maximum atomic E-state index is 6.26. The van der Waals surface area contributed by atoms with Crippen LogP contribution in [0.4, 0.5) is 0 Å². The zero-order valence-electron chi connectivity index (χ0n) is 10.6. The first-order chi connectivity index (χ1) is 9.18. The first-order valence-corrected chi connectivity index (χ1v) is 7.35. The van der Waals surface area contributed by atoms with E-state index in [1.54, 1.807) is 23.7 Å². The second kappa shape index (κ2) is 4.90. The third-order valence-corrected chi connectivity index (χ3v) is 4.21. The van der Waals surface area contributed by atoms with Gasteiger partial charge in [-0.2, -0.15) is 0 Å². The number of imidazole rings is 1. The van der Waals surface area contributed by atoms with Crippen LogP contribution >= 0.6 is 22.9 Å². The van der Waals surface area contributed by atoms with E-state index in [4.69, 9.17) is 11.6 Å². The van der Waals surface area contributed by atoms with Crippen molar-refractivity contribution in [2.45, 2.75) is 25.3 Å². The van der Waals surface area contributed by atoms with Gasteiger partial charge in [0.05, 0.1) is 23.1 Å². The number of fused-ring (bicyclic) bond motifs is 1. The number of aromatic nitrogens is 4. The van der Waals surface area contributed by atoms with Crippen molar-refractivity contribution in [1.82, 2.24) is 19.5 Å². The van der Waals surface area contributed by atoms with Crippen molar-refractivity contribution in [2.75, 3.05) is 0 Å². The van der Waals surface area contributed by atoms with Crippen LogP contribution in [-0.2, 0) is 0 Å². The summed E-state index contributed by atoms with van der Waals surface area (Å²) in [5.74, 6) is 0.854. The molecule has 0 saturated carbocycles. The smallest absolute Gasteiger partial charge is 0.128 e. The number of rotatable bonds is 3. The van der Waals surface area contributed by atoms with Crippen LogP contribution in [-0.4, -0.2) is 19.5 Å². The molecule has 3 aromatic rings. The molecule has 0 aliphatic heterocycles. The summed E-state index contributed by atoms with van der Waals surface area (Å²) in [5.41, 5.74) is 1.91. The van der Waals surface area contributed by atoms with Gasteiger partial charge in [0.2, 0.25) is 0 Å². The van der Waals surface area contributed by atoms with Gasteiger partial charge >= 0.3 is 0 Å². The highest BCUT2D eigenvalue weighted by atomic mass is 35.5. The normalized spacial score (nSPS) is 14.7. The van der Waals surface area contributed by atoms with Gasteiger partial charge in [0.25, 0.3) is 0 Å². The van der Waals surface area contributed by atoms with Gasteiger partial charge in [-0.15, -0.1) is 22.9 Å². The monoisotopic (exact) mass is 292 g/mol. The maximum Gasteiger partial charge on any atom is 0.128 e. The van der Waals surface area contributed by atoms with Crippen molar-refractivity contribution < 1.29 is 0 Å². The molecule has 0 fully saturated rings. The Morgan fingerprint density at radius 2 is 2.16 bits per heavy atom. The second-order valence-corrected chi connectivity index (χ2v) is 5.95. The lowest BCUT2D eigenvalue weighted by Crippen LogP contribution is -2.11. The van der Waals surface area contributed by atoms with Crippen molar-refractivity contribution >= 4 is 34.0 Å². The van der Waals surface area contributed by atoms with Gasteiger partial charge in [0, 0.05) is 17.8 Å². The molecule has 2 unspecified atom stereocenters. The quantitative estimate of drug-likeness (QED) is 0.690. The minimum atomic E-state index is -0.158. The molecule has 0 amide bonds. The molecule has 0 radical (unpaired) electrons. The zero-order valence-corrected chi connectivity index (χ0v) is 12.2. The summed E-state index contributed by atoms with van der Waals surface area (Å²) >= 11 is 7.90. The highest BCUT2D eigenvalue weighted by Crippen LogP contribution is 2.31. The highest BCUT2D eigenvalue weighted by molar-refractivity contribution is 7.09. The number of thiazole rings is 1. The minimum absolute atomic E-state index is 0.114. The molecule has 0 bridgehead atoms. The van der Waals surface area contributed by atoms with Gasteiger partial charge < -0.3 is 4.57 Å². The molecule has 2 atom stereocenters. The fourth-order valence-electron chi connectivity index (χ4n) is 2.21. The number of nitrogens with zero attached hydrogens (tertiary/aromatic N) is 4. The molecular formula is C13H13ClN4S. The molecule has 3 heterocycles. The average Bonchev–Trinajstić information content (AvgIpc) is 3.05. The molecule has 0 aromatic carbocycles. The maximum absolute atomic E-state index is 6.26. The number of alkyl halides is 1. The highest BCUT2D eigenvalue weighted by Gasteiger charge is 2.21. The van der Waals surface area contributed by atoms with E-state index >= 15 is 0 Å². The Kier molecular flexibility index (Phi) is 3.24. The van der Waals surface area contributed by atoms with Crippen LogP contribution in [0.5, 0.6) is 0 Å². The molecule has 3 rings (SSSR count). The fourth-order valence-corrected chi connectivity index (χ4v) is 3.05. The molecule has 6 heteroatoms. The summed E-state index contributed by atoms with van der Waals surface area (Å²) in [7, 11) is 0. The predicted octanol–water partition coefficient (Wildman–Crippen LogP) is 3.80. The molecule has 3 aromatic heterocycles. The first-order valence-electron chi connectivity index (χ1n) is 6.03. The van der Waals surface area contributed by atoms with E-state index in [2.05, 4.69) is 26.4 Å². The molecular weight excluding hydrogens is 280 g/mol. The Balaban J connectivity index is 2.23. The van der Waals surface area contributed by atoms with Crippen LogP contribution in [0.3, 0.4) is 0 Å². The largest absolute Gasteiger partial charge is 0.317 e. The van der Waals surface area contributed by atoms with E-state index in [1.165, 1.54) is 0 Å². The molecule has 0 aliphatic carbocycles. The van der Waals surface area contributed by atoms with E-state index in [0.29, 0.717) is 0 Å². The second-order valence-electron chi connectivity index (χ2n) is 4.37. The van der Waals surface area contributed by atoms with Crippen molar-refractivity contribution in [3.8, 4) is 0 Å². The SMILES string of the molecule is CC(Cl)c1nc2cnccc2n1C(C)c1nccs1. The summed E-state index contributed by atoms with van der Waals surface area (Å²) in [5, 5.41) is 2.88. The summed E-state index contributed by atoms with van der Waals surface area (Å²) in [6.07, 6.45) is 5.36. The topological polar surface area (TPSA) is 43.6 Å². The molecule has 0 aliphatic rings. The Bertz CT molecular complexity index is 690. The summed E-state index contributed by atoms with van der Waals surface area (Å²) in [6, 6.07) is 2.08. The van der Waals surface area contributed by atoms with Crippen LogP contribution in [0.1, 0.15) is 36.1 Å². The van der Waals surface area contributed by atoms with Crippen molar-refractivity contribution in [2.24, 2.45) is 0 Å². The Hall–Kier alpha value is -1.46. The summed E-state index contributed by atoms with van der Waals surface area (Å²) < 4.78 is 2.15. The van der Waals surface area contributed by atoms with E-state index in [0.717, 1.165) is 21.9 Å². The molecule has 4 nitrogen and oxygen atoms in total. The van der Waals surface area contributed by atoms with Gasteiger partial charge in [-0.25, -0.2) is 9.97 Å².